The van der Waals surface area contributed by atoms with Crippen LogP contribution >= 0.6 is 39.3 Å². The van der Waals surface area contributed by atoms with Gasteiger partial charge in [0.05, 0.1) is 22.2 Å². The topological polar surface area (TPSA) is 62.1 Å². The monoisotopic (exact) mass is 494 g/mol. The van der Waals surface area contributed by atoms with E-state index in [1.54, 1.807) is 35.2 Å². The van der Waals surface area contributed by atoms with Gasteiger partial charge in [-0.1, -0.05) is 25.4 Å². The fourth-order valence-corrected chi connectivity index (χ4v) is 4.32. The van der Waals surface area contributed by atoms with Crippen molar-refractivity contribution in [3.63, 3.8) is 0 Å². The number of phenols is 1. The van der Waals surface area contributed by atoms with Gasteiger partial charge in [-0.2, -0.15) is 0 Å². The average Bonchev–Trinajstić information content (AvgIpc) is 2.94. The minimum Gasteiger partial charge on any atom is -0.503 e. The third-order valence-electron chi connectivity index (χ3n) is 4.06. The molecule has 152 valence electrons. The van der Waals surface area contributed by atoms with Crippen LogP contribution in [0.4, 0.5) is 5.69 Å². The van der Waals surface area contributed by atoms with Gasteiger partial charge in [0.1, 0.15) is 0 Å². The number of amides is 1. The molecule has 1 N–H and O–H groups in total. The van der Waals surface area contributed by atoms with E-state index < -0.39 is 0 Å². The number of phenolic OH excluding ortho intramolecular Hbond substituents is 1. The number of hydrogen-bond donors (Lipinski definition) is 1. The largest absolute Gasteiger partial charge is 0.503 e. The van der Waals surface area contributed by atoms with Crippen LogP contribution in [0.1, 0.15) is 19.4 Å². The molecule has 1 fully saturated rings. The Morgan fingerprint density at radius 1 is 1.31 bits per heavy atom. The Hall–Kier alpha value is -1.96. The van der Waals surface area contributed by atoms with E-state index in [4.69, 9.17) is 16.3 Å². The number of nitrogens with zero attached hydrogens (tertiary/aromatic N) is 2. The van der Waals surface area contributed by atoms with Gasteiger partial charge in [0.25, 0.3) is 5.91 Å². The molecule has 0 saturated carbocycles. The third kappa shape index (κ3) is 5.15. The van der Waals surface area contributed by atoms with Crippen molar-refractivity contribution in [1.29, 1.82) is 0 Å². The number of aromatic hydroxyl groups is 1. The lowest BCUT2D eigenvalue weighted by Gasteiger charge is -2.17. The Morgan fingerprint density at radius 2 is 2.00 bits per heavy atom. The lowest BCUT2D eigenvalue weighted by atomic mass is 10.1. The zero-order valence-electron chi connectivity index (χ0n) is 16.1. The maximum Gasteiger partial charge on any atom is 0.266 e. The number of carbonyl (C=O) groups excluding carboxylic acids is 1. The van der Waals surface area contributed by atoms with Gasteiger partial charge < -0.3 is 9.84 Å². The number of benzene rings is 2. The number of carbonyl (C=O) groups is 1. The molecule has 1 heterocycles. The van der Waals surface area contributed by atoms with E-state index in [0.29, 0.717) is 31.9 Å². The first kappa shape index (κ1) is 21.7. The van der Waals surface area contributed by atoms with Crippen molar-refractivity contribution in [3.05, 3.63) is 56.4 Å². The Balaban J connectivity index is 1.99. The Kier molecular flexibility index (Phi) is 6.93. The van der Waals surface area contributed by atoms with E-state index in [2.05, 4.69) is 34.8 Å². The Morgan fingerprint density at radius 3 is 2.62 bits per heavy atom. The molecule has 5 nitrogen and oxygen atoms in total. The van der Waals surface area contributed by atoms with Crippen molar-refractivity contribution in [2.75, 3.05) is 13.7 Å². The predicted octanol–water partition coefficient (Wildman–Crippen LogP) is 6.08. The van der Waals surface area contributed by atoms with Gasteiger partial charge in [-0.05, 0) is 81.6 Å². The highest BCUT2D eigenvalue weighted by Gasteiger charge is 2.33. The predicted molar refractivity (Wildman–Crippen MR) is 123 cm³/mol. The van der Waals surface area contributed by atoms with Gasteiger partial charge in [0.2, 0.25) is 0 Å². The van der Waals surface area contributed by atoms with Crippen LogP contribution in [0.15, 0.2) is 50.8 Å². The first-order valence-corrected chi connectivity index (χ1v) is 10.9. The summed E-state index contributed by atoms with van der Waals surface area (Å²) >= 11 is 10.6. The van der Waals surface area contributed by atoms with Gasteiger partial charge in [-0.25, -0.2) is 4.99 Å². The summed E-state index contributed by atoms with van der Waals surface area (Å²) < 4.78 is 5.69. The highest BCUT2D eigenvalue weighted by atomic mass is 79.9. The summed E-state index contributed by atoms with van der Waals surface area (Å²) in [4.78, 5) is 20.0. The summed E-state index contributed by atoms with van der Waals surface area (Å²) in [6, 6.07) is 10.6. The summed E-state index contributed by atoms with van der Waals surface area (Å²) in [5.41, 5.74) is 1.47. The molecule has 29 heavy (non-hydrogen) atoms. The number of hydrogen-bond acceptors (Lipinski definition) is 5. The second-order valence-corrected chi connectivity index (χ2v) is 9.14. The molecular weight excluding hydrogens is 476 g/mol. The van der Waals surface area contributed by atoms with Crippen LogP contribution in [0.25, 0.3) is 6.08 Å². The lowest BCUT2D eigenvalue weighted by molar-refractivity contribution is -0.122. The first-order chi connectivity index (χ1) is 13.8. The Labute approximate surface area is 187 Å². The van der Waals surface area contributed by atoms with E-state index in [1.807, 2.05) is 12.1 Å². The van der Waals surface area contributed by atoms with Crippen molar-refractivity contribution in [2.24, 2.45) is 10.9 Å². The molecule has 0 aliphatic carbocycles. The lowest BCUT2D eigenvalue weighted by Crippen LogP contribution is -2.32. The molecule has 0 atom stereocenters. The molecular formula is C21H20BrClN2O3S. The molecule has 8 heteroatoms. The maximum absolute atomic E-state index is 13.0. The van der Waals surface area contributed by atoms with Crippen molar-refractivity contribution >= 4 is 62.1 Å². The van der Waals surface area contributed by atoms with Gasteiger partial charge in [-0.3, -0.25) is 9.69 Å². The molecule has 0 unspecified atom stereocenters. The molecule has 1 aliphatic heterocycles. The first-order valence-electron chi connectivity index (χ1n) is 8.90. The smallest absolute Gasteiger partial charge is 0.266 e. The van der Waals surface area contributed by atoms with Gasteiger partial charge in [-0.15, -0.1) is 0 Å². The van der Waals surface area contributed by atoms with Crippen LogP contribution in [0.2, 0.25) is 5.02 Å². The van der Waals surface area contributed by atoms with Crippen LogP contribution in [0, 0.1) is 5.92 Å². The van der Waals surface area contributed by atoms with E-state index in [1.165, 1.54) is 18.9 Å². The van der Waals surface area contributed by atoms with Crippen LogP contribution in [-0.2, 0) is 4.79 Å². The molecule has 1 saturated heterocycles. The summed E-state index contributed by atoms with van der Waals surface area (Å²) in [5, 5.41) is 11.3. The highest BCUT2D eigenvalue weighted by molar-refractivity contribution is 9.10. The van der Waals surface area contributed by atoms with Gasteiger partial charge in [0, 0.05) is 11.6 Å². The van der Waals surface area contributed by atoms with Crippen LogP contribution in [0.5, 0.6) is 11.5 Å². The average molecular weight is 496 g/mol. The molecule has 0 aromatic heterocycles. The number of rotatable bonds is 5. The number of halogens is 2. The number of amidine groups is 1. The van der Waals surface area contributed by atoms with Gasteiger partial charge in [0.15, 0.2) is 16.7 Å². The van der Waals surface area contributed by atoms with E-state index >= 15 is 0 Å². The minimum absolute atomic E-state index is 0.0199. The summed E-state index contributed by atoms with van der Waals surface area (Å²) in [6.45, 7) is 4.68. The number of thioether (sulfide) groups is 1. The van der Waals surface area contributed by atoms with Crippen LogP contribution in [-0.4, -0.2) is 34.7 Å². The quantitative estimate of drug-likeness (QED) is 0.511. The number of aliphatic imine (C=N–C) groups is 1. The SMILES string of the molecule is COc1cc(/C=C2\SC(=Nc3ccc(Cl)cc3)N(CC(C)C)C2=O)cc(Br)c1O. The fourth-order valence-electron chi connectivity index (χ4n) is 2.73. The fraction of sp³-hybridized carbons (Fsp3) is 0.238. The molecule has 0 spiro atoms. The molecule has 0 radical (unpaired) electrons. The normalized spacial score (nSPS) is 17.0. The molecule has 0 bridgehead atoms. The summed E-state index contributed by atoms with van der Waals surface area (Å²) in [6.07, 6.45) is 1.78. The van der Waals surface area contributed by atoms with Crippen molar-refractivity contribution < 1.29 is 14.6 Å². The summed E-state index contributed by atoms with van der Waals surface area (Å²) in [7, 11) is 1.48. The van der Waals surface area contributed by atoms with E-state index in [0.717, 1.165) is 11.3 Å². The molecule has 1 amide bonds. The summed E-state index contributed by atoms with van der Waals surface area (Å²) in [5.74, 6) is 0.541. The molecule has 2 aromatic carbocycles. The standard InChI is InChI=1S/C21H20BrClN2O3S/c1-12(2)11-25-20(27)18(10-13-8-16(22)19(26)17(9-13)28-3)29-21(25)24-15-6-4-14(23)5-7-15/h4-10,12,26H,11H2,1-3H3/b18-10-,24-21?. The van der Waals surface area contributed by atoms with Crippen molar-refractivity contribution in [3.8, 4) is 11.5 Å². The van der Waals surface area contributed by atoms with Crippen LogP contribution < -0.4 is 4.74 Å². The number of ether oxygens (including phenoxy) is 1. The molecule has 1 aliphatic rings. The minimum atomic E-state index is -0.0976. The molecule has 3 rings (SSSR count). The van der Waals surface area contributed by atoms with Gasteiger partial charge >= 0.3 is 0 Å². The molecule has 2 aromatic rings. The zero-order valence-corrected chi connectivity index (χ0v) is 19.3. The zero-order chi connectivity index (χ0) is 21.1. The van der Waals surface area contributed by atoms with Crippen molar-refractivity contribution in [1.82, 2.24) is 4.90 Å². The van der Waals surface area contributed by atoms with Crippen LogP contribution in [0.3, 0.4) is 0 Å². The maximum atomic E-state index is 13.0. The third-order valence-corrected chi connectivity index (χ3v) is 5.92. The second-order valence-electron chi connectivity index (χ2n) is 6.84. The van der Waals surface area contributed by atoms with E-state index in [9.17, 15) is 9.90 Å². The van der Waals surface area contributed by atoms with E-state index in [-0.39, 0.29) is 17.6 Å². The highest BCUT2D eigenvalue weighted by Crippen LogP contribution is 2.39. The second kappa shape index (κ2) is 9.24. The number of methoxy groups -OCH3 is 1. The Bertz CT molecular complexity index is 990. The van der Waals surface area contributed by atoms with Crippen molar-refractivity contribution in [2.45, 2.75) is 13.8 Å².